The standard InChI is InChI=1S/C9H6N6O/c16-3-6-1-14-15(2-6)9-7-8(11-4-10-7)12-5-13-9/h1-5H,(H,10,11,12,13)/p+1. The molecule has 3 aromatic rings. The van der Waals surface area contributed by atoms with E-state index in [1.165, 1.54) is 6.33 Å². The number of H-pyrrole nitrogens is 2. The second-order valence-electron chi connectivity index (χ2n) is 3.19. The molecule has 0 radical (unpaired) electrons. The lowest BCUT2D eigenvalue weighted by molar-refractivity contribution is -0.657. The lowest BCUT2D eigenvalue weighted by Crippen LogP contribution is -2.33. The summed E-state index contributed by atoms with van der Waals surface area (Å²) in [5, 5.41) is 2.90. The van der Waals surface area contributed by atoms with E-state index in [1.807, 2.05) is 0 Å². The molecule has 0 aliphatic heterocycles. The van der Waals surface area contributed by atoms with Gasteiger partial charge >= 0.3 is 5.82 Å². The van der Waals surface area contributed by atoms with Crippen molar-refractivity contribution in [2.24, 2.45) is 0 Å². The van der Waals surface area contributed by atoms with Crippen molar-refractivity contribution in [2.75, 3.05) is 0 Å². The summed E-state index contributed by atoms with van der Waals surface area (Å²) in [6.07, 6.45) is 6.98. The first-order chi connectivity index (χ1) is 7.88. The summed E-state index contributed by atoms with van der Waals surface area (Å²) >= 11 is 0. The molecule has 0 unspecified atom stereocenters. The Bertz CT molecular complexity index is 655. The van der Waals surface area contributed by atoms with Gasteiger partial charge in [-0.2, -0.15) is 4.98 Å². The highest BCUT2D eigenvalue weighted by Crippen LogP contribution is 2.08. The smallest absolute Gasteiger partial charge is 0.336 e. The third-order valence-electron chi connectivity index (χ3n) is 2.22. The molecule has 7 nitrogen and oxygen atoms in total. The molecule has 0 aliphatic rings. The molecular formula is C9H7N6O+. The molecule has 0 fully saturated rings. The van der Waals surface area contributed by atoms with E-state index in [-0.39, 0.29) is 0 Å². The highest BCUT2D eigenvalue weighted by Gasteiger charge is 2.17. The fourth-order valence-electron chi connectivity index (χ4n) is 1.49. The van der Waals surface area contributed by atoms with Crippen LogP contribution in [-0.2, 0) is 0 Å². The predicted molar refractivity (Wildman–Crippen MR) is 53.0 cm³/mol. The minimum atomic E-state index is 0.547. The Kier molecular flexibility index (Phi) is 1.76. The number of nitrogens with one attached hydrogen (secondary N) is 2. The maximum absolute atomic E-state index is 10.6. The second-order valence-corrected chi connectivity index (χ2v) is 3.19. The maximum Gasteiger partial charge on any atom is 0.375 e. The Morgan fingerprint density at radius 2 is 2.25 bits per heavy atom. The third-order valence-corrected chi connectivity index (χ3v) is 2.22. The molecule has 3 heterocycles. The summed E-state index contributed by atoms with van der Waals surface area (Å²) in [5.41, 5.74) is 1.85. The van der Waals surface area contributed by atoms with Crippen molar-refractivity contribution in [3.63, 3.8) is 0 Å². The summed E-state index contributed by atoms with van der Waals surface area (Å²) < 4.78 is 1.63. The van der Waals surface area contributed by atoms with Crippen LogP contribution in [0.25, 0.3) is 17.0 Å². The van der Waals surface area contributed by atoms with Crippen LogP contribution < -0.4 is 4.68 Å². The van der Waals surface area contributed by atoms with Crippen molar-refractivity contribution in [1.29, 1.82) is 0 Å². The van der Waals surface area contributed by atoms with Crippen LogP contribution in [0.1, 0.15) is 10.4 Å². The van der Waals surface area contributed by atoms with Crippen LogP contribution in [0, 0.1) is 0 Å². The van der Waals surface area contributed by atoms with Gasteiger partial charge in [0.15, 0.2) is 17.5 Å². The van der Waals surface area contributed by atoms with Crippen LogP contribution in [0.2, 0.25) is 0 Å². The first kappa shape index (κ1) is 8.72. The van der Waals surface area contributed by atoms with Gasteiger partial charge < -0.3 is 4.98 Å². The predicted octanol–water partition coefficient (Wildman–Crippen LogP) is -0.230. The number of carbonyl (C=O) groups is 1. The van der Waals surface area contributed by atoms with Crippen LogP contribution >= 0.6 is 0 Å². The van der Waals surface area contributed by atoms with E-state index in [4.69, 9.17) is 0 Å². The number of hydrogen-bond acceptors (Lipinski definition) is 4. The summed E-state index contributed by atoms with van der Waals surface area (Å²) in [4.78, 5) is 25.7. The van der Waals surface area contributed by atoms with Gasteiger partial charge in [0, 0.05) is 0 Å². The Morgan fingerprint density at radius 1 is 1.31 bits per heavy atom. The lowest BCUT2D eigenvalue weighted by Gasteiger charge is -1.90. The third kappa shape index (κ3) is 1.18. The summed E-state index contributed by atoms with van der Waals surface area (Å²) in [6.45, 7) is 0. The highest BCUT2D eigenvalue weighted by atomic mass is 16.1. The number of imidazole rings is 1. The van der Waals surface area contributed by atoms with Crippen molar-refractivity contribution in [3.8, 4) is 5.82 Å². The summed E-state index contributed by atoms with van der Waals surface area (Å²) in [7, 11) is 0. The number of carbonyl (C=O) groups excluding carboxylic acids is 1. The fraction of sp³-hybridized carbons (Fsp3) is 0. The lowest BCUT2D eigenvalue weighted by atomic mass is 10.4. The Hall–Kier alpha value is -2.57. The molecule has 3 rings (SSSR count). The molecule has 0 saturated heterocycles. The fourth-order valence-corrected chi connectivity index (χ4v) is 1.49. The van der Waals surface area contributed by atoms with Gasteiger partial charge in [0.2, 0.25) is 6.33 Å². The highest BCUT2D eigenvalue weighted by molar-refractivity contribution is 5.75. The molecule has 78 valence electrons. The molecular weight excluding hydrogens is 208 g/mol. The van der Waals surface area contributed by atoms with Crippen LogP contribution in [-0.4, -0.2) is 31.3 Å². The molecule has 0 bridgehead atoms. The zero-order valence-electron chi connectivity index (χ0n) is 8.08. The van der Waals surface area contributed by atoms with Gasteiger partial charge in [0.05, 0.1) is 18.1 Å². The van der Waals surface area contributed by atoms with E-state index in [0.717, 1.165) is 6.29 Å². The van der Waals surface area contributed by atoms with Crippen molar-refractivity contribution < 1.29 is 9.48 Å². The minimum absolute atomic E-state index is 0.547. The molecule has 0 amide bonds. The molecule has 0 spiro atoms. The molecule has 16 heavy (non-hydrogen) atoms. The van der Waals surface area contributed by atoms with Crippen LogP contribution in [0.4, 0.5) is 0 Å². The van der Waals surface area contributed by atoms with Gasteiger partial charge in [-0.1, -0.05) is 0 Å². The molecule has 0 aliphatic carbocycles. The SMILES string of the molecule is O=Cc1c[nH][n+](-c2ncnc3nc[nH]c23)c1. The van der Waals surface area contributed by atoms with E-state index in [0.29, 0.717) is 22.5 Å². The Morgan fingerprint density at radius 3 is 3.06 bits per heavy atom. The van der Waals surface area contributed by atoms with Gasteiger partial charge in [-0.15, -0.1) is 4.68 Å². The largest absolute Gasteiger partial charge is 0.375 e. The average molecular weight is 215 g/mol. The number of rotatable bonds is 2. The number of aromatic nitrogens is 6. The van der Waals surface area contributed by atoms with Gasteiger partial charge in [0.1, 0.15) is 6.20 Å². The first-order valence-corrected chi connectivity index (χ1v) is 4.58. The van der Waals surface area contributed by atoms with E-state index < -0.39 is 0 Å². The summed E-state index contributed by atoms with van der Waals surface area (Å²) in [5.74, 6) is 0.621. The topological polar surface area (TPSA) is 91.2 Å². The van der Waals surface area contributed by atoms with E-state index in [1.54, 1.807) is 23.4 Å². The molecule has 3 aromatic heterocycles. The average Bonchev–Trinajstić information content (AvgIpc) is 2.97. The zero-order chi connectivity index (χ0) is 11.0. The Labute approximate surface area is 89.2 Å². The number of fused-ring (bicyclic) bond motifs is 1. The van der Waals surface area contributed by atoms with Gasteiger partial charge in [-0.05, 0) is 4.98 Å². The van der Waals surface area contributed by atoms with Crippen molar-refractivity contribution in [1.82, 2.24) is 25.0 Å². The molecule has 7 heteroatoms. The van der Waals surface area contributed by atoms with Gasteiger partial charge in [0.25, 0.3) is 0 Å². The molecule has 2 N–H and O–H groups in total. The van der Waals surface area contributed by atoms with E-state index in [9.17, 15) is 4.79 Å². The minimum Gasteiger partial charge on any atom is -0.336 e. The molecule has 0 aromatic carbocycles. The first-order valence-electron chi connectivity index (χ1n) is 4.58. The quantitative estimate of drug-likeness (QED) is 0.456. The van der Waals surface area contributed by atoms with Crippen molar-refractivity contribution >= 4 is 17.5 Å². The zero-order valence-corrected chi connectivity index (χ0v) is 8.08. The normalized spacial score (nSPS) is 10.8. The second kappa shape index (κ2) is 3.23. The van der Waals surface area contributed by atoms with Crippen LogP contribution in [0.5, 0.6) is 0 Å². The van der Waals surface area contributed by atoms with Crippen molar-refractivity contribution in [2.45, 2.75) is 0 Å². The molecule has 0 atom stereocenters. The van der Waals surface area contributed by atoms with Gasteiger partial charge in [-0.25, -0.2) is 10.1 Å². The van der Waals surface area contributed by atoms with Crippen LogP contribution in [0.3, 0.4) is 0 Å². The monoisotopic (exact) mass is 215 g/mol. The Balaban J connectivity index is 2.24. The number of hydrogen-bond donors (Lipinski definition) is 2. The van der Waals surface area contributed by atoms with Crippen molar-refractivity contribution in [3.05, 3.63) is 30.6 Å². The van der Waals surface area contributed by atoms with E-state index in [2.05, 4.69) is 25.0 Å². The number of nitrogens with zero attached hydrogens (tertiary/aromatic N) is 4. The number of aromatic amines is 2. The van der Waals surface area contributed by atoms with Crippen LogP contribution in [0.15, 0.2) is 25.0 Å². The van der Waals surface area contributed by atoms with Gasteiger partial charge in [-0.3, -0.25) is 4.79 Å². The molecule has 0 saturated carbocycles. The maximum atomic E-state index is 10.6. The number of aldehydes is 1. The van der Waals surface area contributed by atoms with E-state index >= 15 is 0 Å². The summed E-state index contributed by atoms with van der Waals surface area (Å²) in [6, 6.07) is 0.